The van der Waals surface area contributed by atoms with E-state index in [1.165, 1.54) is 0 Å². The highest BCUT2D eigenvalue weighted by molar-refractivity contribution is 7.97. The van der Waals surface area contributed by atoms with Crippen LogP contribution in [0.4, 0.5) is 0 Å². The smallest absolute Gasteiger partial charge is 0.158 e. The Labute approximate surface area is 195 Å². The monoisotopic (exact) mass is 469 g/mol. The highest BCUT2D eigenvalue weighted by atomic mass is 35.5. The Hall–Kier alpha value is -2.12. The summed E-state index contributed by atoms with van der Waals surface area (Å²) in [5.41, 5.74) is 3.73. The molecule has 0 N–H and O–H groups in total. The van der Waals surface area contributed by atoms with E-state index in [2.05, 4.69) is 35.3 Å². The van der Waals surface area contributed by atoms with Gasteiger partial charge in [-0.15, -0.1) is 0 Å². The van der Waals surface area contributed by atoms with Gasteiger partial charge in [-0.2, -0.15) is 0 Å². The molecule has 2 heterocycles. The van der Waals surface area contributed by atoms with Gasteiger partial charge in [0.15, 0.2) is 16.6 Å². The van der Waals surface area contributed by atoms with E-state index in [-0.39, 0.29) is 0 Å². The summed E-state index contributed by atoms with van der Waals surface area (Å²) in [6, 6.07) is 17.8. The van der Waals surface area contributed by atoms with Crippen LogP contribution in [0.25, 0.3) is 22.2 Å². The van der Waals surface area contributed by atoms with Gasteiger partial charge in [-0.3, -0.25) is 0 Å². The molecule has 4 rings (SSSR count). The molecule has 7 heteroatoms. The summed E-state index contributed by atoms with van der Waals surface area (Å²) in [4.78, 5) is 6.40. The highest BCUT2D eigenvalue weighted by Crippen LogP contribution is 2.40. The molecule has 4 nitrogen and oxygen atoms in total. The van der Waals surface area contributed by atoms with Crippen LogP contribution in [0.2, 0.25) is 5.02 Å². The Morgan fingerprint density at radius 3 is 2.45 bits per heavy atom. The molecule has 0 bridgehead atoms. The molecule has 0 aliphatic rings. The number of benzene rings is 2. The maximum Gasteiger partial charge on any atom is 0.158 e. The van der Waals surface area contributed by atoms with Crippen LogP contribution in [0.1, 0.15) is 19.4 Å². The van der Waals surface area contributed by atoms with Crippen LogP contribution in [0.15, 0.2) is 76.8 Å². The van der Waals surface area contributed by atoms with Crippen molar-refractivity contribution in [2.75, 3.05) is 13.1 Å². The van der Waals surface area contributed by atoms with Gasteiger partial charge in [-0.25, -0.2) is 17.5 Å². The fourth-order valence-electron chi connectivity index (χ4n) is 3.45. The van der Waals surface area contributed by atoms with E-state index in [9.17, 15) is 4.21 Å². The first-order valence-electron chi connectivity index (χ1n) is 10.2. The zero-order valence-electron chi connectivity index (χ0n) is 17.7. The Kier molecular flexibility index (Phi) is 6.82. The summed E-state index contributed by atoms with van der Waals surface area (Å²) in [5.74, 6) is 0. The molecule has 0 saturated heterocycles. The summed E-state index contributed by atoms with van der Waals surface area (Å²) in [5, 5.41) is 1.42. The van der Waals surface area contributed by atoms with Gasteiger partial charge in [0.2, 0.25) is 0 Å². The Bertz CT molecular complexity index is 1230. The van der Waals surface area contributed by atoms with Crippen LogP contribution < -0.4 is 0 Å². The third-order valence-corrected chi connectivity index (χ3v) is 8.07. The van der Waals surface area contributed by atoms with Crippen LogP contribution in [0.5, 0.6) is 0 Å². The molecule has 2 aromatic heterocycles. The van der Waals surface area contributed by atoms with E-state index in [0.29, 0.717) is 10.7 Å². The Morgan fingerprint density at radius 2 is 1.74 bits per heavy atom. The van der Waals surface area contributed by atoms with Crippen LogP contribution in [-0.2, 0) is 11.0 Å². The van der Waals surface area contributed by atoms with Gasteiger partial charge >= 0.3 is 0 Å². The number of hydrogen-bond donors (Lipinski definition) is 0. The summed E-state index contributed by atoms with van der Waals surface area (Å²) in [6.45, 7) is 8.20. The van der Waals surface area contributed by atoms with Crippen LogP contribution >= 0.6 is 23.5 Å². The van der Waals surface area contributed by atoms with Crippen molar-refractivity contribution in [2.45, 2.75) is 30.6 Å². The first-order valence-corrected chi connectivity index (χ1v) is 12.5. The Balaban J connectivity index is 1.89. The number of aromatic nitrogens is 2. The number of nitrogens with zero attached hydrogens (tertiary/aromatic N) is 3. The van der Waals surface area contributed by atoms with Crippen molar-refractivity contribution in [3.8, 4) is 11.1 Å². The average Bonchev–Trinajstić information content (AvgIpc) is 3.18. The molecule has 160 valence electrons. The first kappa shape index (κ1) is 22.1. The number of rotatable bonds is 7. The lowest BCUT2D eigenvalue weighted by Gasteiger charge is -2.18. The van der Waals surface area contributed by atoms with Gasteiger partial charge in [-0.05, 0) is 48.7 Å². The fraction of sp³-hybridized carbons (Fsp3) is 0.208. The van der Waals surface area contributed by atoms with Crippen molar-refractivity contribution in [1.82, 2.24) is 13.3 Å². The minimum absolute atomic E-state index is 0.599. The fourth-order valence-corrected chi connectivity index (χ4v) is 5.73. The van der Waals surface area contributed by atoms with Crippen LogP contribution in [0, 0.1) is 6.92 Å². The molecule has 4 aromatic rings. The SMILES string of the molecule is CCN(CC)Sc1ccccc1-c1cn(S(=O)c2ccc(C)cc2)c2nccc(Cl)c12. The lowest BCUT2D eigenvalue weighted by atomic mass is 10.1. The van der Waals surface area contributed by atoms with Crippen molar-refractivity contribution in [1.29, 1.82) is 0 Å². The van der Waals surface area contributed by atoms with Crippen molar-refractivity contribution < 1.29 is 4.21 Å². The summed E-state index contributed by atoms with van der Waals surface area (Å²) < 4.78 is 17.5. The lowest BCUT2D eigenvalue weighted by molar-refractivity contribution is 0.525. The minimum Gasteiger partial charge on any atom is -0.247 e. The van der Waals surface area contributed by atoms with Gasteiger partial charge in [0, 0.05) is 41.3 Å². The number of halogens is 1. The summed E-state index contributed by atoms with van der Waals surface area (Å²) in [7, 11) is -1.43. The van der Waals surface area contributed by atoms with E-state index in [1.54, 1.807) is 28.2 Å². The van der Waals surface area contributed by atoms with E-state index < -0.39 is 11.0 Å². The first-order chi connectivity index (χ1) is 15.0. The maximum atomic E-state index is 13.5. The number of hydrogen-bond acceptors (Lipinski definition) is 4. The van der Waals surface area contributed by atoms with E-state index in [0.717, 1.165) is 45.0 Å². The van der Waals surface area contributed by atoms with E-state index in [4.69, 9.17) is 11.6 Å². The normalized spacial score (nSPS) is 12.5. The molecule has 0 saturated carbocycles. The average molecular weight is 470 g/mol. The predicted octanol–water partition coefficient (Wildman–Crippen LogP) is 6.58. The van der Waals surface area contributed by atoms with Crippen molar-refractivity contribution in [3.63, 3.8) is 0 Å². The molecule has 1 atom stereocenters. The van der Waals surface area contributed by atoms with Crippen LogP contribution in [-0.4, -0.2) is 30.6 Å². The third-order valence-electron chi connectivity index (χ3n) is 5.12. The standard InChI is InChI=1S/C24H24ClN3OS2/c1-4-27(5-2)30-22-9-7-6-8-19(22)20-16-28(24-23(20)21(25)14-15-26-24)31(29)18-12-10-17(3)11-13-18/h6-16H,4-5H2,1-3H3. The van der Waals surface area contributed by atoms with Gasteiger partial charge in [0.1, 0.15) is 0 Å². The number of fused-ring (bicyclic) bond motifs is 1. The largest absolute Gasteiger partial charge is 0.247 e. The number of pyridine rings is 1. The molecule has 0 fully saturated rings. The van der Waals surface area contributed by atoms with E-state index >= 15 is 0 Å². The van der Waals surface area contributed by atoms with Gasteiger partial charge < -0.3 is 0 Å². The van der Waals surface area contributed by atoms with E-state index in [1.807, 2.05) is 49.5 Å². The second-order valence-corrected chi connectivity index (χ2v) is 10.0. The highest BCUT2D eigenvalue weighted by Gasteiger charge is 2.21. The molecule has 0 aliphatic heterocycles. The zero-order valence-corrected chi connectivity index (χ0v) is 20.1. The molecule has 0 spiro atoms. The topological polar surface area (TPSA) is 38.1 Å². The number of aryl methyl sites for hydroxylation is 1. The molecular weight excluding hydrogens is 446 g/mol. The molecule has 1 unspecified atom stereocenters. The predicted molar refractivity (Wildman–Crippen MR) is 132 cm³/mol. The second kappa shape index (κ2) is 9.57. The molecule has 0 radical (unpaired) electrons. The lowest BCUT2D eigenvalue weighted by Crippen LogP contribution is -2.13. The van der Waals surface area contributed by atoms with Gasteiger partial charge in [0.05, 0.1) is 9.92 Å². The van der Waals surface area contributed by atoms with Crippen molar-refractivity contribution in [3.05, 3.63) is 77.6 Å². The summed E-state index contributed by atoms with van der Waals surface area (Å²) >= 11 is 8.36. The summed E-state index contributed by atoms with van der Waals surface area (Å²) in [6.07, 6.45) is 3.58. The maximum absolute atomic E-state index is 13.5. The molecular formula is C24H24ClN3OS2. The Morgan fingerprint density at radius 1 is 1.03 bits per heavy atom. The zero-order chi connectivity index (χ0) is 22.0. The van der Waals surface area contributed by atoms with Gasteiger partial charge in [-0.1, -0.05) is 61.3 Å². The molecule has 31 heavy (non-hydrogen) atoms. The van der Waals surface area contributed by atoms with Crippen molar-refractivity contribution >= 4 is 45.6 Å². The second-order valence-electron chi connectivity index (χ2n) is 7.12. The molecule has 0 aliphatic carbocycles. The van der Waals surface area contributed by atoms with Crippen LogP contribution in [0.3, 0.4) is 0 Å². The van der Waals surface area contributed by atoms with Gasteiger partial charge in [0.25, 0.3) is 0 Å². The van der Waals surface area contributed by atoms with Crippen molar-refractivity contribution in [2.24, 2.45) is 0 Å². The molecule has 2 aromatic carbocycles. The minimum atomic E-state index is -1.43. The molecule has 0 amide bonds. The quantitative estimate of drug-likeness (QED) is 0.286. The third kappa shape index (κ3) is 4.44.